The summed E-state index contributed by atoms with van der Waals surface area (Å²) in [7, 11) is 0. The highest BCUT2D eigenvalue weighted by molar-refractivity contribution is 6.02. The summed E-state index contributed by atoms with van der Waals surface area (Å²) in [5, 5.41) is 12.1. The number of carbonyl (C=O) groups is 3. The molecule has 2 aromatic rings. The first-order valence-corrected chi connectivity index (χ1v) is 8.56. The smallest absolute Gasteiger partial charge is 0.305 e. The number of aromatic amines is 1. The van der Waals surface area contributed by atoms with Gasteiger partial charge in [0.2, 0.25) is 0 Å². The SMILES string of the molecule is CCc1c(C(=O)NC(CC(=O)O)c2ccccc2C)[nH]c(C)c1C(C)=O. The highest BCUT2D eigenvalue weighted by Gasteiger charge is 2.25. The van der Waals surface area contributed by atoms with Crippen LogP contribution >= 0.6 is 0 Å². The van der Waals surface area contributed by atoms with Gasteiger partial charge < -0.3 is 15.4 Å². The number of carbonyl (C=O) groups excluding carboxylic acids is 2. The molecule has 0 aliphatic rings. The van der Waals surface area contributed by atoms with Crippen molar-refractivity contribution in [1.29, 1.82) is 0 Å². The number of aryl methyl sites for hydroxylation is 2. The van der Waals surface area contributed by atoms with E-state index < -0.39 is 17.9 Å². The van der Waals surface area contributed by atoms with Crippen molar-refractivity contribution in [3.8, 4) is 0 Å². The summed E-state index contributed by atoms with van der Waals surface area (Å²) < 4.78 is 0. The molecule has 1 aromatic heterocycles. The van der Waals surface area contributed by atoms with E-state index in [1.54, 1.807) is 6.92 Å². The van der Waals surface area contributed by atoms with Gasteiger partial charge in [0.15, 0.2) is 5.78 Å². The largest absolute Gasteiger partial charge is 0.481 e. The number of aromatic nitrogens is 1. The number of hydrogen-bond acceptors (Lipinski definition) is 3. The minimum absolute atomic E-state index is 0.101. The van der Waals surface area contributed by atoms with E-state index in [4.69, 9.17) is 0 Å². The number of H-pyrrole nitrogens is 1. The zero-order valence-corrected chi connectivity index (χ0v) is 15.5. The van der Waals surface area contributed by atoms with Gasteiger partial charge in [-0.05, 0) is 43.9 Å². The average molecular weight is 356 g/mol. The maximum absolute atomic E-state index is 12.8. The Balaban J connectivity index is 2.39. The molecule has 0 saturated carbocycles. The van der Waals surface area contributed by atoms with E-state index in [-0.39, 0.29) is 12.2 Å². The van der Waals surface area contributed by atoms with E-state index >= 15 is 0 Å². The topological polar surface area (TPSA) is 99.3 Å². The summed E-state index contributed by atoms with van der Waals surface area (Å²) in [6.07, 6.45) is 0.299. The third-order valence-corrected chi connectivity index (χ3v) is 4.47. The Bertz CT molecular complexity index is 851. The van der Waals surface area contributed by atoms with Gasteiger partial charge >= 0.3 is 5.97 Å². The molecule has 138 valence electrons. The summed E-state index contributed by atoms with van der Waals surface area (Å²) in [5.74, 6) is -1.51. The summed E-state index contributed by atoms with van der Waals surface area (Å²) in [5.41, 5.74) is 3.82. The molecule has 0 spiro atoms. The Morgan fingerprint density at radius 3 is 2.38 bits per heavy atom. The minimum atomic E-state index is -0.999. The highest BCUT2D eigenvalue weighted by atomic mass is 16.4. The lowest BCUT2D eigenvalue weighted by atomic mass is 9.98. The van der Waals surface area contributed by atoms with Crippen LogP contribution in [-0.4, -0.2) is 27.8 Å². The molecule has 1 atom stereocenters. The predicted octanol–water partition coefficient (Wildman–Crippen LogP) is 3.34. The lowest BCUT2D eigenvalue weighted by Crippen LogP contribution is -2.31. The van der Waals surface area contributed by atoms with Crippen LogP contribution in [0.5, 0.6) is 0 Å². The van der Waals surface area contributed by atoms with Crippen LogP contribution in [-0.2, 0) is 11.2 Å². The summed E-state index contributed by atoms with van der Waals surface area (Å²) in [4.78, 5) is 39.0. The second-order valence-electron chi connectivity index (χ2n) is 6.37. The molecule has 0 radical (unpaired) electrons. The predicted molar refractivity (Wildman–Crippen MR) is 98.6 cm³/mol. The number of aliphatic carboxylic acids is 1. The zero-order chi connectivity index (χ0) is 19.4. The normalized spacial score (nSPS) is 11.8. The molecule has 1 amide bonds. The molecular formula is C20H24N2O4. The summed E-state index contributed by atoms with van der Waals surface area (Å²) in [6, 6.07) is 6.70. The fourth-order valence-electron chi connectivity index (χ4n) is 3.32. The third kappa shape index (κ3) is 4.02. The van der Waals surface area contributed by atoms with Gasteiger partial charge in [-0.15, -0.1) is 0 Å². The number of benzene rings is 1. The quantitative estimate of drug-likeness (QED) is 0.663. The molecule has 6 nitrogen and oxygen atoms in total. The molecule has 26 heavy (non-hydrogen) atoms. The molecule has 1 heterocycles. The molecule has 1 aromatic carbocycles. The van der Waals surface area contributed by atoms with Crippen molar-refractivity contribution in [2.75, 3.05) is 0 Å². The standard InChI is InChI=1S/C20H24N2O4/c1-5-14-18(13(4)23)12(3)21-19(14)20(26)22-16(10-17(24)25)15-9-7-6-8-11(15)2/h6-9,16,21H,5,10H2,1-4H3,(H,22,26)(H,24,25). The first-order chi connectivity index (χ1) is 12.3. The number of carboxylic acid groups (broad SMARTS) is 1. The third-order valence-electron chi connectivity index (χ3n) is 4.47. The molecule has 0 bridgehead atoms. The average Bonchev–Trinajstić information content (AvgIpc) is 2.91. The van der Waals surface area contributed by atoms with Crippen molar-refractivity contribution < 1.29 is 19.5 Å². The van der Waals surface area contributed by atoms with Crippen molar-refractivity contribution >= 4 is 17.7 Å². The summed E-state index contributed by atoms with van der Waals surface area (Å²) in [6.45, 7) is 6.97. The van der Waals surface area contributed by atoms with E-state index in [1.165, 1.54) is 6.92 Å². The van der Waals surface area contributed by atoms with Crippen LogP contribution < -0.4 is 5.32 Å². The Kier molecular flexibility index (Phi) is 5.97. The molecule has 0 fully saturated rings. The number of carboxylic acids is 1. The number of hydrogen-bond donors (Lipinski definition) is 3. The molecule has 0 saturated heterocycles. The fourth-order valence-corrected chi connectivity index (χ4v) is 3.32. The van der Waals surface area contributed by atoms with Crippen molar-refractivity contribution in [3.63, 3.8) is 0 Å². The van der Waals surface area contributed by atoms with Gasteiger partial charge in [0, 0.05) is 11.3 Å². The van der Waals surface area contributed by atoms with E-state index in [0.29, 0.717) is 28.9 Å². The van der Waals surface area contributed by atoms with Crippen molar-refractivity contribution in [1.82, 2.24) is 10.3 Å². The Morgan fingerprint density at radius 2 is 1.85 bits per heavy atom. The van der Waals surface area contributed by atoms with Gasteiger partial charge in [-0.2, -0.15) is 0 Å². The van der Waals surface area contributed by atoms with E-state index in [2.05, 4.69) is 10.3 Å². The Labute approximate surface area is 152 Å². The second-order valence-corrected chi connectivity index (χ2v) is 6.37. The number of rotatable bonds is 7. The zero-order valence-electron chi connectivity index (χ0n) is 15.5. The minimum Gasteiger partial charge on any atom is -0.481 e. The van der Waals surface area contributed by atoms with Crippen LogP contribution in [0.15, 0.2) is 24.3 Å². The first-order valence-electron chi connectivity index (χ1n) is 8.56. The van der Waals surface area contributed by atoms with Crippen molar-refractivity contribution in [2.45, 2.75) is 46.6 Å². The molecule has 6 heteroatoms. The van der Waals surface area contributed by atoms with Gasteiger partial charge in [0.25, 0.3) is 5.91 Å². The van der Waals surface area contributed by atoms with Crippen molar-refractivity contribution in [2.24, 2.45) is 0 Å². The van der Waals surface area contributed by atoms with Crippen LogP contribution in [0.3, 0.4) is 0 Å². The lowest BCUT2D eigenvalue weighted by Gasteiger charge is -2.19. The molecule has 3 N–H and O–H groups in total. The molecule has 1 unspecified atom stereocenters. The van der Waals surface area contributed by atoms with Crippen molar-refractivity contribution in [3.05, 3.63) is 57.9 Å². The molecule has 2 rings (SSSR count). The first kappa shape index (κ1) is 19.4. The van der Waals surface area contributed by atoms with Gasteiger partial charge in [-0.3, -0.25) is 14.4 Å². The lowest BCUT2D eigenvalue weighted by molar-refractivity contribution is -0.137. The van der Waals surface area contributed by atoms with E-state index in [0.717, 1.165) is 11.1 Å². The fraction of sp³-hybridized carbons (Fsp3) is 0.350. The Morgan fingerprint density at radius 1 is 1.19 bits per heavy atom. The maximum atomic E-state index is 12.8. The number of Topliss-reactive ketones (excluding diaryl/α,β-unsaturated/α-hetero) is 1. The molecular weight excluding hydrogens is 332 g/mol. The van der Waals surface area contributed by atoms with Gasteiger partial charge in [0.05, 0.1) is 12.5 Å². The van der Waals surface area contributed by atoms with Crippen LogP contribution in [0, 0.1) is 13.8 Å². The number of amides is 1. The number of nitrogens with one attached hydrogen (secondary N) is 2. The maximum Gasteiger partial charge on any atom is 0.305 e. The molecule has 0 aliphatic heterocycles. The van der Waals surface area contributed by atoms with Crippen LogP contribution in [0.25, 0.3) is 0 Å². The monoisotopic (exact) mass is 356 g/mol. The molecule has 0 aliphatic carbocycles. The van der Waals surface area contributed by atoms with Crippen LogP contribution in [0.4, 0.5) is 0 Å². The Hall–Kier alpha value is -2.89. The van der Waals surface area contributed by atoms with E-state index in [9.17, 15) is 19.5 Å². The van der Waals surface area contributed by atoms with Crippen LogP contribution in [0.2, 0.25) is 0 Å². The van der Waals surface area contributed by atoms with Gasteiger partial charge in [-0.1, -0.05) is 31.2 Å². The van der Waals surface area contributed by atoms with Gasteiger partial charge in [0.1, 0.15) is 5.69 Å². The summed E-state index contributed by atoms with van der Waals surface area (Å²) >= 11 is 0. The number of ketones is 1. The van der Waals surface area contributed by atoms with Crippen LogP contribution in [0.1, 0.15) is 69.5 Å². The second kappa shape index (κ2) is 7.99. The highest BCUT2D eigenvalue weighted by Crippen LogP contribution is 2.24. The van der Waals surface area contributed by atoms with Gasteiger partial charge in [-0.25, -0.2) is 0 Å². The van der Waals surface area contributed by atoms with E-state index in [1.807, 2.05) is 38.1 Å².